The van der Waals surface area contributed by atoms with Crippen molar-refractivity contribution in [3.8, 4) is 0 Å². The average Bonchev–Trinajstić information content (AvgIpc) is 3.01. The number of aliphatic carboxylic acids is 2. The Hall–Kier alpha value is -2.98. The van der Waals surface area contributed by atoms with Gasteiger partial charge in [-0.25, -0.2) is 18.0 Å². The third-order valence-electron chi connectivity index (χ3n) is 4.78. The molecule has 162 valence electrons. The summed E-state index contributed by atoms with van der Waals surface area (Å²) in [5.41, 5.74) is -0.527. The Morgan fingerprint density at radius 1 is 1.23 bits per heavy atom. The summed E-state index contributed by atoms with van der Waals surface area (Å²) in [6, 6.07) is 9.51. The van der Waals surface area contributed by atoms with E-state index in [1.165, 1.54) is 30.3 Å². The molecule has 1 aliphatic rings. The van der Waals surface area contributed by atoms with Crippen molar-refractivity contribution in [1.82, 2.24) is 0 Å². The van der Waals surface area contributed by atoms with Crippen LogP contribution in [0.2, 0.25) is 0 Å². The van der Waals surface area contributed by atoms with Gasteiger partial charge in [0.15, 0.2) is 0 Å². The van der Waals surface area contributed by atoms with E-state index in [0.717, 1.165) is 17.9 Å². The fourth-order valence-electron chi connectivity index (χ4n) is 3.49. The fraction of sp³-hybridized carbons (Fsp3) is 0.190. The molecule has 0 saturated carbocycles. The van der Waals surface area contributed by atoms with Gasteiger partial charge >= 0.3 is 11.9 Å². The molecule has 0 amide bonds. The predicted octanol–water partition coefficient (Wildman–Crippen LogP) is 1.79. The van der Waals surface area contributed by atoms with Crippen LogP contribution >= 0.6 is 15.9 Å². The van der Waals surface area contributed by atoms with Crippen molar-refractivity contribution in [2.75, 3.05) is 11.0 Å². The number of rotatable bonds is 7. The number of aryl methyl sites for hydroxylation is 1. The van der Waals surface area contributed by atoms with Gasteiger partial charge < -0.3 is 10.2 Å². The molecule has 3 rings (SSSR count). The minimum Gasteiger partial charge on any atom is -0.479 e. The molecular weight excluding hydrogens is 488 g/mol. The number of fused-ring (bicyclic) bond motifs is 1. The maximum atomic E-state index is 12.7. The number of carboxylic acids is 2. The maximum Gasteiger partial charge on any atom is 0.341 e. The summed E-state index contributed by atoms with van der Waals surface area (Å²) < 4.78 is 26.2. The monoisotopic (exact) mass is 506 g/mol. The first kappa shape index (κ1) is 22.7. The zero-order valence-corrected chi connectivity index (χ0v) is 19.0. The van der Waals surface area contributed by atoms with Gasteiger partial charge in [0.1, 0.15) is 0 Å². The summed E-state index contributed by atoms with van der Waals surface area (Å²) in [7, 11) is -3.60. The fourth-order valence-corrected chi connectivity index (χ4v) is 4.65. The molecule has 0 aliphatic carbocycles. The number of carbonyl (C=O) groups is 2. The van der Waals surface area contributed by atoms with Crippen LogP contribution in [0.15, 0.2) is 58.0 Å². The van der Waals surface area contributed by atoms with Crippen molar-refractivity contribution >= 4 is 49.2 Å². The second kappa shape index (κ2) is 8.27. The van der Waals surface area contributed by atoms with Gasteiger partial charge in [-0.2, -0.15) is 0 Å². The standard InChI is InChI=1S/C21H19BrN2O6S/c1-3-12-9-15-16(7-8-18(25)26)21(20(27)28,23-19(15)17(22)10-12)13-5-4-6-14(11-13)24-31(2,29)30/h4-11,24H,3H2,1-2H3,(H,25,26)(H,27,28). The first-order valence-corrected chi connectivity index (χ1v) is 11.8. The van der Waals surface area contributed by atoms with E-state index >= 15 is 0 Å². The number of hydrogen-bond acceptors (Lipinski definition) is 5. The van der Waals surface area contributed by atoms with Crippen molar-refractivity contribution in [1.29, 1.82) is 0 Å². The Morgan fingerprint density at radius 3 is 2.52 bits per heavy atom. The van der Waals surface area contributed by atoms with Crippen molar-refractivity contribution in [2.24, 2.45) is 4.99 Å². The predicted molar refractivity (Wildman–Crippen MR) is 119 cm³/mol. The molecule has 3 N–H and O–H groups in total. The molecule has 1 aliphatic heterocycles. The Labute approximate surface area is 186 Å². The molecule has 2 aromatic carbocycles. The van der Waals surface area contributed by atoms with Gasteiger partial charge in [-0.3, -0.25) is 9.71 Å². The number of halogens is 1. The van der Waals surface area contributed by atoms with E-state index in [-0.39, 0.29) is 16.8 Å². The van der Waals surface area contributed by atoms with Crippen molar-refractivity contribution in [2.45, 2.75) is 18.9 Å². The van der Waals surface area contributed by atoms with Gasteiger partial charge in [0, 0.05) is 27.0 Å². The van der Waals surface area contributed by atoms with Crippen LogP contribution in [0.3, 0.4) is 0 Å². The minimum absolute atomic E-state index is 0.168. The van der Waals surface area contributed by atoms with Gasteiger partial charge in [-0.05, 0) is 63.8 Å². The van der Waals surface area contributed by atoms with Crippen LogP contribution in [0.5, 0.6) is 0 Å². The summed E-state index contributed by atoms with van der Waals surface area (Å²) in [6.07, 6.45) is 3.76. The van der Waals surface area contributed by atoms with Crippen molar-refractivity contribution in [3.05, 3.63) is 74.7 Å². The molecular formula is C21H19BrN2O6S. The number of hydrogen-bond donors (Lipinski definition) is 3. The third-order valence-corrected chi connectivity index (χ3v) is 5.99. The van der Waals surface area contributed by atoms with E-state index in [4.69, 9.17) is 5.11 Å². The molecule has 0 spiro atoms. The number of nitrogens with one attached hydrogen (secondary N) is 1. The lowest BCUT2D eigenvalue weighted by Gasteiger charge is -2.25. The lowest BCUT2D eigenvalue weighted by Crippen LogP contribution is -2.34. The molecule has 10 heteroatoms. The highest BCUT2D eigenvalue weighted by molar-refractivity contribution is 9.10. The number of anilines is 1. The second-order valence-electron chi connectivity index (χ2n) is 7.00. The van der Waals surface area contributed by atoms with Gasteiger partial charge in [-0.1, -0.05) is 19.1 Å². The average molecular weight is 507 g/mol. The summed E-state index contributed by atoms with van der Waals surface area (Å²) in [6.45, 7) is 1.94. The number of nitrogens with zero attached hydrogens (tertiary/aromatic N) is 1. The summed E-state index contributed by atoms with van der Waals surface area (Å²) in [5.74, 6) is -2.56. The van der Waals surface area contributed by atoms with E-state index in [1.54, 1.807) is 6.07 Å². The van der Waals surface area contributed by atoms with Gasteiger partial charge in [0.2, 0.25) is 15.6 Å². The van der Waals surface area contributed by atoms with E-state index < -0.39 is 27.5 Å². The summed E-state index contributed by atoms with van der Waals surface area (Å²) in [5, 5.41) is 20.4. The Bertz CT molecular complexity index is 1350. The van der Waals surface area contributed by atoms with Crippen LogP contribution in [-0.4, -0.2) is 36.8 Å². The molecule has 2 aromatic rings. The molecule has 0 aromatic heterocycles. The summed E-state index contributed by atoms with van der Waals surface area (Å²) in [4.78, 5) is 28.4. The maximum absolute atomic E-state index is 12.7. The van der Waals surface area contributed by atoms with E-state index in [2.05, 4.69) is 25.6 Å². The van der Waals surface area contributed by atoms with E-state index in [1.807, 2.05) is 13.0 Å². The third kappa shape index (κ3) is 4.40. The number of carboxylic acid groups (broad SMARTS) is 2. The highest BCUT2D eigenvalue weighted by Crippen LogP contribution is 2.38. The first-order valence-electron chi connectivity index (χ1n) is 9.13. The van der Waals surface area contributed by atoms with Crippen molar-refractivity contribution in [3.63, 3.8) is 0 Å². The summed E-state index contributed by atoms with van der Waals surface area (Å²) >= 11 is 3.44. The highest BCUT2D eigenvalue weighted by atomic mass is 79.9. The second-order valence-corrected chi connectivity index (χ2v) is 9.60. The number of benzene rings is 2. The zero-order chi connectivity index (χ0) is 23.0. The molecule has 0 saturated heterocycles. The normalized spacial score (nSPS) is 18.0. The molecule has 1 atom stereocenters. The molecule has 1 heterocycles. The molecule has 0 bridgehead atoms. The van der Waals surface area contributed by atoms with Crippen LogP contribution < -0.4 is 15.3 Å². The van der Waals surface area contributed by atoms with Crippen molar-refractivity contribution < 1.29 is 28.2 Å². The van der Waals surface area contributed by atoms with Crippen LogP contribution in [0.4, 0.5) is 5.69 Å². The Kier molecular flexibility index (Phi) is 6.06. The lowest BCUT2D eigenvalue weighted by molar-refractivity contribution is -0.141. The lowest BCUT2D eigenvalue weighted by atomic mass is 9.82. The first-order chi connectivity index (χ1) is 14.5. The van der Waals surface area contributed by atoms with Crippen LogP contribution in [0.1, 0.15) is 18.1 Å². The number of sulfonamides is 1. The van der Waals surface area contributed by atoms with Gasteiger partial charge in [0.25, 0.3) is 0 Å². The smallest absolute Gasteiger partial charge is 0.341 e. The SMILES string of the molecule is CCc1cc(Br)c2c(c1)=C(C=CC(=O)O)C(C(=O)O)(c1cccc(NS(C)(=O)=O)c1)N=2. The molecule has 8 nitrogen and oxygen atoms in total. The molecule has 1 unspecified atom stereocenters. The van der Waals surface area contributed by atoms with Crippen LogP contribution in [0.25, 0.3) is 5.57 Å². The van der Waals surface area contributed by atoms with Crippen LogP contribution in [0, 0.1) is 0 Å². The minimum atomic E-state index is -3.60. The largest absolute Gasteiger partial charge is 0.479 e. The van der Waals surface area contributed by atoms with E-state index in [0.29, 0.717) is 21.5 Å². The van der Waals surface area contributed by atoms with Crippen LogP contribution in [-0.2, 0) is 31.6 Å². The molecule has 0 fully saturated rings. The Morgan fingerprint density at radius 2 is 1.94 bits per heavy atom. The topological polar surface area (TPSA) is 133 Å². The highest BCUT2D eigenvalue weighted by Gasteiger charge is 2.46. The zero-order valence-electron chi connectivity index (χ0n) is 16.6. The van der Waals surface area contributed by atoms with Gasteiger partial charge in [-0.15, -0.1) is 0 Å². The van der Waals surface area contributed by atoms with E-state index in [9.17, 15) is 23.1 Å². The van der Waals surface area contributed by atoms with Gasteiger partial charge in [0.05, 0.1) is 11.6 Å². The Balaban J connectivity index is 2.41. The molecule has 0 radical (unpaired) electrons. The quantitative estimate of drug-likeness (QED) is 0.490. The molecule has 31 heavy (non-hydrogen) atoms.